The maximum atomic E-state index is 10.4. The molecular weight excluding hydrogens is 472 g/mol. The first kappa shape index (κ1) is 30.3. The zero-order chi connectivity index (χ0) is 22.1. The van der Waals surface area contributed by atoms with Crippen molar-refractivity contribution in [2.45, 2.75) is 116 Å². The molecule has 5 rings (SSSR count). The Hall–Kier alpha value is -0.706. The molecule has 0 unspecified atom stereocenters. The van der Waals surface area contributed by atoms with Crippen LogP contribution >= 0.6 is 0 Å². The van der Waals surface area contributed by atoms with Crippen LogP contribution in [0.2, 0.25) is 0 Å². The summed E-state index contributed by atoms with van der Waals surface area (Å²) >= 11 is 0. The van der Waals surface area contributed by atoms with Crippen LogP contribution in [0.4, 0.5) is 0 Å². The van der Waals surface area contributed by atoms with Crippen LogP contribution in [0.1, 0.15) is 116 Å². The summed E-state index contributed by atoms with van der Waals surface area (Å²) in [7, 11) is 0. The van der Waals surface area contributed by atoms with Gasteiger partial charge in [0.25, 0.3) is 0 Å². The first-order chi connectivity index (χ1) is 15.1. The van der Waals surface area contributed by atoms with Gasteiger partial charge in [0.05, 0.1) is 11.8 Å². The SMILES string of the molecule is O=C(O)C1CCCCC1.O=C(O)C1CCCCC1.[CH-]1CCCC2=C1CC1=C2CCCC1.[Cl-].[Ti+2]. The van der Waals surface area contributed by atoms with E-state index < -0.39 is 11.9 Å². The largest absolute Gasteiger partial charge is 2.00 e. The van der Waals surface area contributed by atoms with Gasteiger partial charge in [0, 0.05) is 0 Å². The molecule has 2 N–H and O–H groups in total. The van der Waals surface area contributed by atoms with Gasteiger partial charge in [-0.25, -0.2) is 12.0 Å². The van der Waals surface area contributed by atoms with Gasteiger partial charge in [0.15, 0.2) is 0 Å². The van der Waals surface area contributed by atoms with Crippen molar-refractivity contribution in [1.29, 1.82) is 0 Å². The molecule has 184 valence electrons. The molecule has 0 spiro atoms. The van der Waals surface area contributed by atoms with Crippen molar-refractivity contribution in [1.82, 2.24) is 0 Å². The zero-order valence-corrected chi connectivity index (χ0v) is 22.4. The van der Waals surface area contributed by atoms with Gasteiger partial charge in [0.2, 0.25) is 0 Å². The molecule has 0 radical (unpaired) electrons. The van der Waals surface area contributed by atoms with Gasteiger partial charge in [-0.05, 0) is 51.4 Å². The van der Waals surface area contributed by atoms with Gasteiger partial charge in [-0.15, -0.1) is 12.0 Å². The Morgan fingerprint density at radius 1 is 0.667 bits per heavy atom. The second kappa shape index (κ2) is 16.1. The Morgan fingerprint density at radius 3 is 1.64 bits per heavy atom. The van der Waals surface area contributed by atoms with Crippen LogP contribution in [0.25, 0.3) is 0 Å². The summed E-state index contributed by atoms with van der Waals surface area (Å²) in [5.74, 6) is -1.26. The molecule has 2 fully saturated rings. The monoisotopic (exact) mass is 512 g/mol. The van der Waals surface area contributed by atoms with Crippen LogP contribution in [0, 0.1) is 18.3 Å². The minimum Gasteiger partial charge on any atom is -1.00 e. The van der Waals surface area contributed by atoms with E-state index in [1.54, 1.807) is 22.3 Å². The number of allylic oxidation sites excluding steroid dienone is 4. The molecule has 6 heteroatoms. The average molecular weight is 513 g/mol. The molecule has 0 aromatic carbocycles. The zero-order valence-electron chi connectivity index (χ0n) is 20.0. The average Bonchev–Trinajstić information content (AvgIpc) is 3.20. The molecule has 0 aromatic rings. The maximum absolute atomic E-state index is 10.4. The van der Waals surface area contributed by atoms with Crippen molar-refractivity contribution in [2.75, 3.05) is 0 Å². The Labute approximate surface area is 221 Å². The van der Waals surface area contributed by atoms with E-state index in [1.165, 1.54) is 64.2 Å². The Balaban J connectivity index is 0.000000247. The number of fused-ring (bicyclic) bond motifs is 1. The third-order valence-electron chi connectivity index (χ3n) is 7.67. The number of rotatable bonds is 2. The van der Waals surface area contributed by atoms with E-state index in [9.17, 15) is 9.59 Å². The number of carboxylic acid groups (broad SMARTS) is 2. The van der Waals surface area contributed by atoms with Crippen molar-refractivity contribution in [2.24, 2.45) is 11.8 Å². The maximum Gasteiger partial charge on any atom is 2.00 e. The Kier molecular flexibility index (Phi) is 14.8. The minimum absolute atomic E-state index is 0. The molecule has 0 amide bonds. The van der Waals surface area contributed by atoms with Crippen LogP contribution < -0.4 is 12.4 Å². The summed E-state index contributed by atoms with van der Waals surface area (Å²) in [6.07, 6.45) is 24.1. The molecule has 0 aromatic heterocycles. The van der Waals surface area contributed by atoms with Crippen LogP contribution in [0.5, 0.6) is 0 Å². The first-order valence-electron chi connectivity index (χ1n) is 12.8. The summed E-state index contributed by atoms with van der Waals surface area (Å²) in [5.41, 5.74) is 7.06. The summed E-state index contributed by atoms with van der Waals surface area (Å²) in [5, 5.41) is 17.1. The van der Waals surface area contributed by atoms with Crippen molar-refractivity contribution < 1.29 is 53.9 Å². The van der Waals surface area contributed by atoms with Crippen molar-refractivity contribution in [3.8, 4) is 0 Å². The Bertz CT molecular complexity index is 630. The molecule has 0 bridgehead atoms. The van der Waals surface area contributed by atoms with Crippen LogP contribution in [-0.2, 0) is 31.3 Å². The third-order valence-corrected chi connectivity index (χ3v) is 7.67. The number of carbonyl (C=O) groups is 2. The summed E-state index contributed by atoms with van der Waals surface area (Å²) < 4.78 is 0. The van der Waals surface area contributed by atoms with Crippen LogP contribution in [0.15, 0.2) is 22.3 Å². The molecule has 4 nitrogen and oxygen atoms in total. The molecule has 0 heterocycles. The van der Waals surface area contributed by atoms with Gasteiger partial charge >= 0.3 is 33.7 Å². The standard InChI is InChI=1S/C13H17.2C7H12O2.ClH.Ti/c1-3-7-12-10(5-1)9-11-6-2-4-8-13(11)12;2*8-7(9)6-4-2-1-3-5-6;;/h5H,1-4,6-9H2;2*6H,1-5H2,(H,8,9);1H;/q-1;;;;+2/p-1. The van der Waals surface area contributed by atoms with Crippen molar-refractivity contribution in [3.63, 3.8) is 0 Å². The fraction of sp³-hybridized carbons (Fsp3) is 0.741. The van der Waals surface area contributed by atoms with Gasteiger partial charge < -0.3 is 22.6 Å². The summed E-state index contributed by atoms with van der Waals surface area (Å²) in [4.78, 5) is 20.7. The smallest absolute Gasteiger partial charge is 1.00 e. The predicted molar refractivity (Wildman–Crippen MR) is 124 cm³/mol. The molecular formula is C27H41ClO4Ti. The van der Waals surface area contributed by atoms with E-state index in [0.29, 0.717) is 0 Å². The summed E-state index contributed by atoms with van der Waals surface area (Å²) in [6.45, 7) is 0. The number of hydrogen-bond acceptors (Lipinski definition) is 2. The normalized spacial score (nSPS) is 22.5. The molecule has 0 atom stereocenters. The first-order valence-corrected chi connectivity index (χ1v) is 12.8. The van der Waals surface area contributed by atoms with E-state index in [1.807, 2.05) is 0 Å². The van der Waals surface area contributed by atoms with Crippen LogP contribution in [0.3, 0.4) is 0 Å². The summed E-state index contributed by atoms with van der Waals surface area (Å²) in [6, 6.07) is 0. The molecule has 5 aliphatic rings. The fourth-order valence-corrected chi connectivity index (χ4v) is 5.82. The topological polar surface area (TPSA) is 74.6 Å². The quantitative estimate of drug-likeness (QED) is 0.428. The number of halogens is 1. The van der Waals surface area contributed by atoms with E-state index in [-0.39, 0.29) is 46.0 Å². The predicted octanol–water partition coefficient (Wildman–Crippen LogP) is 4.25. The molecule has 33 heavy (non-hydrogen) atoms. The minimum atomic E-state index is -0.602. The molecule has 2 saturated carbocycles. The Morgan fingerprint density at radius 2 is 1.15 bits per heavy atom. The van der Waals surface area contributed by atoms with E-state index in [4.69, 9.17) is 10.2 Å². The molecule has 5 aliphatic carbocycles. The number of carboxylic acids is 2. The van der Waals surface area contributed by atoms with E-state index in [0.717, 1.165) is 51.4 Å². The second-order valence-corrected chi connectivity index (χ2v) is 9.91. The van der Waals surface area contributed by atoms with Crippen LogP contribution in [-0.4, -0.2) is 22.2 Å². The van der Waals surface area contributed by atoms with Gasteiger partial charge in [0.1, 0.15) is 0 Å². The van der Waals surface area contributed by atoms with Gasteiger partial charge in [-0.1, -0.05) is 63.4 Å². The van der Waals surface area contributed by atoms with E-state index >= 15 is 0 Å². The molecule has 0 aliphatic heterocycles. The van der Waals surface area contributed by atoms with Crippen molar-refractivity contribution >= 4 is 11.9 Å². The van der Waals surface area contributed by atoms with Gasteiger partial charge in [-0.3, -0.25) is 9.59 Å². The number of aliphatic carboxylic acids is 2. The second-order valence-electron chi connectivity index (χ2n) is 9.91. The number of hydrogen-bond donors (Lipinski definition) is 2. The van der Waals surface area contributed by atoms with Gasteiger partial charge in [-0.2, -0.15) is 5.57 Å². The third kappa shape index (κ3) is 9.46. The van der Waals surface area contributed by atoms with Crippen molar-refractivity contribution in [3.05, 3.63) is 28.7 Å². The van der Waals surface area contributed by atoms with E-state index in [2.05, 4.69) is 6.42 Å². The molecule has 0 saturated heterocycles. The fourth-order valence-electron chi connectivity index (χ4n) is 5.82.